The smallest absolute Gasteiger partial charge is 0.176 e. The molecule has 31 heavy (non-hydrogen) atoms. The molecule has 5 aromatic rings. The van der Waals surface area contributed by atoms with Crippen LogP contribution in [0.15, 0.2) is 113 Å². The molecule has 4 aromatic carbocycles. The highest BCUT2D eigenvalue weighted by atomic mass is 15.3. The molecular formula is C26H21N5. The summed E-state index contributed by atoms with van der Waals surface area (Å²) in [5.41, 5.74) is 5.34. The molecule has 0 amide bonds. The molecule has 1 heterocycles. The second kappa shape index (κ2) is 7.88. The van der Waals surface area contributed by atoms with Gasteiger partial charge in [0.1, 0.15) is 0 Å². The lowest BCUT2D eigenvalue weighted by molar-refractivity contribution is 0.728. The normalized spacial score (nSPS) is 11.6. The predicted molar refractivity (Wildman–Crippen MR) is 125 cm³/mol. The van der Waals surface area contributed by atoms with Crippen molar-refractivity contribution in [2.45, 2.75) is 6.04 Å². The van der Waals surface area contributed by atoms with Crippen molar-refractivity contribution in [1.82, 2.24) is 4.57 Å². The maximum Gasteiger partial charge on any atom is 0.176 e. The lowest BCUT2D eigenvalue weighted by atomic mass is 9.98. The number of benzene rings is 4. The van der Waals surface area contributed by atoms with Crippen LogP contribution in [-0.2, 0) is 0 Å². The van der Waals surface area contributed by atoms with Gasteiger partial charge in [-0.05, 0) is 35.4 Å². The third-order valence-electron chi connectivity index (χ3n) is 5.63. The Balaban J connectivity index is 1.84. The molecule has 0 bridgehead atoms. The third kappa shape index (κ3) is 3.26. The van der Waals surface area contributed by atoms with E-state index < -0.39 is 0 Å². The van der Waals surface area contributed by atoms with Crippen LogP contribution in [0.5, 0.6) is 0 Å². The van der Waals surface area contributed by atoms with Crippen LogP contribution in [0, 0.1) is 5.41 Å². The van der Waals surface area contributed by atoms with Crippen molar-refractivity contribution in [3.05, 3.63) is 120 Å². The van der Waals surface area contributed by atoms with Crippen LogP contribution in [0.1, 0.15) is 22.7 Å². The summed E-state index contributed by atoms with van der Waals surface area (Å²) in [4.78, 5) is 0. The molecule has 3 N–H and O–H groups in total. The van der Waals surface area contributed by atoms with Crippen molar-refractivity contribution < 1.29 is 0 Å². The Labute approximate surface area is 180 Å². The molecule has 0 fully saturated rings. The van der Waals surface area contributed by atoms with E-state index in [1.54, 1.807) is 0 Å². The Hall–Kier alpha value is -4.25. The molecule has 5 rings (SSSR count). The molecule has 0 aliphatic carbocycles. The number of nitrogens with zero attached hydrogens (tertiary/aromatic N) is 3. The van der Waals surface area contributed by atoms with Gasteiger partial charge in [0.05, 0.1) is 11.6 Å². The van der Waals surface area contributed by atoms with Crippen LogP contribution in [-0.4, -0.2) is 10.4 Å². The lowest BCUT2D eigenvalue weighted by Crippen LogP contribution is -2.12. The number of hydrogen-bond donors (Lipinski definition) is 2. The van der Waals surface area contributed by atoms with E-state index in [2.05, 4.69) is 87.7 Å². The summed E-state index contributed by atoms with van der Waals surface area (Å²) < 4.78 is 2.38. The number of amidine groups is 1. The fourth-order valence-electron chi connectivity index (χ4n) is 4.31. The first kappa shape index (κ1) is 18.8. The minimum absolute atomic E-state index is 0.0128. The van der Waals surface area contributed by atoms with Gasteiger partial charge in [0, 0.05) is 21.9 Å². The van der Waals surface area contributed by atoms with Gasteiger partial charge in [-0.2, -0.15) is 0 Å². The maximum absolute atomic E-state index is 8.13. The number of fused-ring (bicyclic) bond motifs is 3. The SMILES string of the molecule is N=C(N=NN)c1ccc2c(c1)c1ccccc1n2C(c1ccccc1)c1ccccc1. The molecule has 0 radical (unpaired) electrons. The minimum atomic E-state index is 0.0128. The fraction of sp³-hybridized carbons (Fsp3) is 0.0385. The Morgan fingerprint density at radius 3 is 1.94 bits per heavy atom. The predicted octanol–water partition coefficient (Wildman–Crippen LogP) is 6.08. The molecule has 150 valence electrons. The monoisotopic (exact) mass is 403 g/mol. The van der Waals surface area contributed by atoms with Crippen molar-refractivity contribution in [2.24, 2.45) is 16.2 Å². The van der Waals surface area contributed by atoms with E-state index in [1.165, 1.54) is 11.1 Å². The standard InChI is InChI=1S/C26H21N5/c27-26(29-30-28)20-15-16-24-22(17-20)21-13-7-8-14-23(21)31(24)25(18-9-3-1-4-10-18)19-11-5-2-6-12-19/h1-17,25H,(H3,27,28,29). The van der Waals surface area contributed by atoms with E-state index in [-0.39, 0.29) is 11.9 Å². The third-order valence-corrected chi connectivity index (χ3v) is 5.63. The average Bonchev–Trinajstić information content (AvgIpc) is 3.15. The van der Waals surface area contributed by atoms with Crippen molar-refractivity contribution in [2.75, 3.05) is 0 Å². The zero-order valence-corrected chi connectivity index (χ0v) is 16.8. The number of para-hydroxylation sites is 1. The number of hydrogen-bond acceptors (Lipinski definition) is 2. The zero-order valence-electron chi connectivity index (χ0n) is 16.8. The van der Waals surface area contributed by atoms with Gasteiger partial charge in [0.15, 0.2) is 5.84 Å². The zero-order chi connectivity index (χ0) is 21.2. The number of nitrogens with one attached hydrogen (secondary N) is 1. The number of aromatic nitrogens is 1. The number of rotatable bonds is 4. The molecule has 0 aliphatic heterocycles. The summed E-state index contributed by atoms with van der Waals surface area (Å²) in [5.74, 6) is 5.20. The van der Waals surface area contributed by atoms with E-state index in [4.69, 9.17) is 11.3 Å². The van der Waals surface area contributed by atoms with Crippen molar-refractivity contribution in [1.29, 1.82) is 5.41 Å². The molecule has 0 atom stereocenters. The average molecular weight is 403 g/mol. The van der Waals surface area contributed by atoms with Crippen molar-refractivity contribution >= 4 is 27.6 Å². The van der Waals surface area contributed by atoms with E-state index in [1.807, 2.05) is 30.3 Å². The highest BCUT2D eigenvalue weighted by Crippen LogP contribution is 2.37. The lowest BCUT2D eigenvalue weighted by Gasteiger charge is -2.23. The molecular weight excluding hydrogens is 382 g/mol. The first-order chi connectivity index (χ1) is 15.3. The van der Waals surface area contributed by atoms with Gasteiger partial charge < -0.3 is 10.4 Å². The van der Waals surface area contributed by atoms with Gasteiger partial charge in [-0.3, -0.25) is 5.41 Å². The summed E-state index contributed by atoms with van der Waals surface area (Å²) in [5, 5.41) is 17.3. The van der Waals surface area contributed by atoms with Crippen LogP contribution >= 0.6 is 0 Å². The largest absolute Gasteiger partial charge is 0.329 e. The van der Waals surface area contributed by atoms with E-state index in [9.17, 15) is 0 Å². The van der Waals surface area contributed by atoms with Gasteiger partial charge >= 0.3 is 0 Å². The highest BCUT2D eigenvalue weighted by molar-refractivity contribution is 6.11. The first-order valence-corrected chi connectivity index (χ1v) is 10.1. The highest BCUT2D eigenvalue weighted by Gasteiger charge is 2.22. The number of nitrogens with two attached hydrogens (primary N) is 1. The van der Waals surface area contributed by atoms with Crippen LogP contribution in [0.3, 0.4) is 0 Å². The maximum atomic E-state index is 8.13. The fourth-order valence-corrected chi connectivity index (χ4v) is 4.31. The van der Waals surface area contributed by atoms with Crippen LogP contribution in [0.4, 0.5) is 0 Å². The van der Waals surface area contributed by atoms with Crippen LogP contribution in [0.25, 0.3) is 21.8 Å². The molecule has 0 saturated heterocycles. The second-order valence-corrected chi connectivity index (χ2v) is 7.41. The van der Waals surface area contributed by atoms with Gasteiger partial charge in [-0.15, -0.1) is 5.11 Å². The summed E-state index contributed by atoms with van der Waals surface area (Å²) >= 11 is 0. The van der Waals surface area contributed by atoms with Gasteiger partial charge in [0.25, 0.3) is 0 Å². The van der Waals surface area contributed by atoms with E-state index >= 15 is 0 Å². The molecule has 1 aromatic heterocycles. The molecule has 0 saturated carbocycles. The second-order valence-electron chi connectivity index (χ2n) is 7.41. The van der Waals surface area contributed by atoms with Crippen molar-refractivity contribution in [3.8, 4) is 0 Å². The molecule has 5 heteroatoms. The molecule has 5 nitrogen and oxygen atoms in total. The van der Waals surface area contributed by atoms with E-state index in [0.717, 1.165) is 21.8 Å². The summed E-state index contributed by atoms with van der Waals surface area (Å²) in [7, 11) is 0. The van der Waals surface area contributed by atoms with Crippen LogP contribution < -0.4 is 5.84 Å². The Bertz CT molecular complexity index is 1360. The van der Waals surface area contributed by atoms with Gasteiger partial charge in [-0.1, -0.05) is 84.1 Å². The quantitative estimate of drug-likeness (QED) is 0.123. The molecule has 0 aliphatic rings. The molecule has 0 unspecified atom stereocenters. The summed E-state index contributed by atoms with van der Waals surface area (Å²) in [6.45, 7) is 0. The Morgan fingerprint density at radius 1 is 0.710 bits per heavy atom. The van der Waals surface area contributed by atoms with Gasteiger partial charge in [0.2, 0.25) is 0 Å². The van der Waals surface area contributed by atoms with Crippen LogP contribution in [0.2, 0.25) is 0 Å². The Morgan fingerprint density at radius 2 is 1.29 bits per heavy atom. The van der Waals surface area contributed by atoms with E-state index in [0.29, 0.717) is 5.56 Å². The minimum Gasteiger partial charge on any atom is -0.329 e. The summed E-state index contributed by atoms with van der Waals surface area (Å²) in [6.07, 6.45) is 0. The molecule has 0 spiro atoms. The first-order valence-electron chi connectivity index (χ1n) is 10.1. The topological polar surface area (TPSA) is 79.5 Å². The van der Waals surface area contributed by atoms with Gasteiger partial charge in [-0.25, -0.2) is 0 Å². The Kier molecular flexibility index (Phi) is 4.77. The van der Waals surface area contributed by atoms with Crippen molar-refractivity contribution in [3.63, 3.8) is 0 Å². The summed E-state index contributed by atoms with van der Waals surface area (Å²) in [6, 6.07) is 35.4.